The second kappa shape index (κ2) is 11.3. The van der Waals surface area contributed by atoms with Crippen LogP contribution in [0.1, 0.15) is 36.7 Å². The second-order valence-electron chi connectivity index (χ2n) is 8.78. The molecule has 4 rings (SSSR count). The number of halogens is 1. The van der Waals surface area contributed by atoms with Gasteiger partial charge in [-0.1, -0.05) is 38.1 Å². The van der Waals surface area contributed by atoms with Gasteiger partial charge in [-0.05, 0) is 77.7 Å². The summed E-state index contributed by atoms with van der Waals surface area (Å²) in [6, 6.07) is 21.6. The molecule has 0 aliphatic rings. The second-order valence-corrected chi connectivity index (χ2v) is 10.3. The Morgan fingerprint density at radius 1 is 0.973 bits per heavy atom. The molecule has 0 bridgehead atoms. The van der Waals surface area contributed by atoms with Crippen molar-refractivity contribution in [3.05, 3.63) is 114 Å². The highest BCUT2D eigenvalue weighted by atomic mass is 32.2. The van der Waals surface area contributed by atoms with Crippen LogP contribution in [-0.2, 0) is 23.2 Å². The van der Waals surface area contributed by atoms with Gasteiger partial charge >= 0.3 is 16.1 Å². The highest BCUT2D eigenvalue weighted by Gasteiger charge is 2.19. The minimum atomic E-state index is -4.16. The summed E-state index contributed by atoms with van der Waals surface area (Å²) in [4.78, 5) is 14.6. The summed E-state index contributed by atoms with van der Waals surface area (Å²) >= 11 is 0. The van der Waals surface area contributed by atoms with E-state index in [4.69, 9.17) is 8.60 Å². The van der Waals surface area contributed by atoms with Crippen LogP contribution in [0.25, 0.3) is 0 Å². The largest absolute Gasteiger partial charge is 0.467 e. The monoisotopic (exact) mass is 522 g/mol. The van der Waals surface area contributed by atoms with Crippen molar-refractivity contribution in [2.75, 3.05) is 5.32 Å². The van der Waals surface area contributed by atoms with E-state index in [0.29, 0.717) is 22.9 Å². The van der Waals surface area contributed by atoms with Gasteiger partial charge < -0.3 is 18.8 Å². The average Bonchev–Trinajstić information content (AvgIpc) is 3.37. The molecule has 0 spiro atoms. The van der Waals surface area contributed by atoms with Crippen LogP contribution in [0.15, 0.2) is 101 Å². The van der Waals surface area contributed by atoms with Gasteiger partial charge in [-0.3, -0.25) is 0 Å². The summed E-state index contributed by atoms with van der Waals surface area (Å²) in [6.07, 6.45) is 1.53. The number of amides is 2. The molecule has 0 fully saturated rings. The fourth-order valence-corrected chi connectivity index (χ4v) is 4.56. The number of carbonyl (C=O) groups excluding carboxylic acids is 1. The van der Waals surface area contributed by atoms with E-state index in [2.05, 4.69) is 19.2 Å². The lowest BCUT2D eigenvalue weighted by atomic mass is 10.0. The molecule has 0 aliphatic heterocycles. The molecular weight excluding hydrogens is 495 g/mol. The number of rotatable bonds is 9. The van der Waals surface area contributed by atoms with Crippen LogP contribution in [0, 0.1) is 5.82 Å². The van der Waals surface area contributed by atoms with Crippen LogP contribution in [0.2, 0.25) is 0 Å². The normalized spacial score (nSPS) is 11.4. The molecule has 0 saturated heterocycles. The Morgan fingerprint density at radius 3 is 2.35 bits per heavy atom. The lowest BCUT2D eigenvalue weighted by Crippen LogP contribution is -2.34. The van der Waals surface area contributed by atoms with Gasteiger partial charge in [0.1, 0.15) is 22.2 Å². The van der Waals surface area contributed by atoms with Crippen molar-refractivity contribution in [1.29, 1.82) is 0 Å². The third-order valence-electron chi connectivity index (χ3n) is 5.62. The fourth-order valence-electron chi connectivity index (χ4n) is 3.64. The molecule has 0 unspecified atom stereocenters. The van der Waals surface area contributed by atoms with Gasteiger partial charge in [0.05, 0.1) is 12.8 Å². The number of nitrogens with zero attached hydrogens (tertiary/aromatic N) is 1. The number of benzene rings is 3. The molecular formula is C28H27FN2O5S. The van der Waals surface area contributed by atoms with Crippen LogP contribution < -0.4 is 9.50 Å². The topological polar surface area (TPSA) is 88.9 Å². The molecule has 1 N–H and O–H groups in total. The molecule has 0 radical (unpaired) electrons. The van der Waals surface area contributed by atoms with Crippen LogP contribution in [0.4, 0.5) is 14.9 Å². The zero-order valence-corrected chi connectivity index (χ0v) is 21.2. The zero-order valence-electron chi connectivity index (χ0n) is 20.4. The fraction of sp³-hybridized carbons (Fsp3) is 0.179. The van der Waals surface area contributed by atoms with E-state index in [1.165, 1.54) is 12.3 Å². The molecule has 37 heavy (non-hydrogen) atoms. The van der Waals surface area contributed by atoms with Gasteiger partial charge in [0, 0.05) is 12.2 Å². The van der Waals surface area contributed by atoms with Crippen molar-refractivity contribution in [2.24, 2.45) is 0 Å². The van der Waals surface area contributed by atoms with E-state index in [1.807, 2.05) is 24.3 Å². The van der Waals surface area contributed by atoms with Crippen molar-refractivity contribution < 1.29 is 26.2 Å². The first-order valence-corrected chi connectivity index (χ1v) is 13.1. The Kier molecular flexibility index (Phi) is 7.93. The Balaban J connectivity index is 1.51. The van der Waals surface area contributed by atoms with Crippen LogP contribution in [0.3, 0.4) is 0 Å². The third-order valence-corrected chi connectivity index (χ3v) is 6.88. The number of carbonyl (C=O) groups is 1. The standard InChI is InChI=1S/C28H27FN2O5S/c1-20(2)22-8-12-24(13-9-22)30-28(32)31(19-26-7-4-16-35-26)18-21-5-3-6-25(17-21)36-37(33,34)27-14-10-23(29)11-15-27/h3-17,20H,18-19H2,1-2H3,(H,30,32). The molecule has 0 atom stereocenters. The molecule has 7 nitrogen and oxygen atoms in total. The SMILES string of the molecule is CC(C)c1ccc(NC(=O)N(Cc2cccc(OS(=O)(=O)c3ccc(F)cc3)c2)Cc2ccco2)cc1. The Hall–Kier alpha value is -4.11. The lowest BCUT2D eigenvalue weighted by molar-refractivity contribution is 0.201. The third kappa shape index (κ3) is 6.98. The summed E-state index contributed by atoms with van der Waals surface area (Å²) in [7, 11) is -4.16. The van der Waals surface area contributed by atoms with Crippen molar-refractivity contribution in [1.82, 2.24) is 4.90 Å². The van der Waals surface area contributed by atoms with Crippen molar-refractivity contribution >= 4 is 21.8 Å². The van der Waals surface area contributed by atoms with Gasteiger partial charge in [0.25, 0.3) is 0 Å². The van der Waals surface area contributed by atoms with Gasteiger partial charge in [-0.25, -0.2) is 9.18 Å². The average molecular weight is 523 g/mol. The molecule has 192 valence electrons. The summed E-state index contributed by atoms with van der Waals surface area (Å²) < 4.78 is 49.1. The number of urea groups is 1. The van der Waals surface area contributed by atoms with E-state index in [9.17, 15) is 17.6 Å². The van der Waals surface area contributed by atoms with Crippen LogP contribution >= 0.6 is 0 Å². The predicted octanol–water partition coefficient (Wildman–Crippen LogP) is 6.54. The Labute approximate surface area is 215 Å². The van der Waals surface area contributed by atoms with Crippen molar-refractivity contribution in [3.8, 4) is 5.75 Å². The minimum absolute atomic E-state index is 0.0736. The van der Waals surface area contributed by atoms with E-state index in [1.54, 1.807) is 35.2 Å². The van der Waals surface area contributed by atoms with E-state index >= 15 is 0 Å². The van der Waals surface area contributed by atoms with Gasteiger partial charge in [0.15, 0.2) is 0 Å². The smallest absolute Gasteiger partial charge is 0.339 e. The number of furan rings is 1. The Bertz CT molecular complexity index is 1430. The lowest BCUT2D eigenvalue weighted by Gasteiger charge is -2.23. The number of nitrogens with one attached hydrogen (secondary N) is 1. The molecule has 0 saturated carbocycles. The highest BCUT2D eigenvalue weighted by molar-refractivity contribution is 7.87. The van der Waals surface area contributed by atoms with Crippen molar-refractivity contribution in [2.45, 2.75) is 37.8 Å². The number of anilines is 1. The molecule has 1 heterocycles. The van der Waals surface area contributed by atoms with Crippen LogP contribution in [-0.4, -0.2) is 19.3 Å². The van der Waals surface area contributed by atoms with Crippen molar-refractivity contribution in [3.63, 3.8) is 0 Å². The summed E-state index contributed by atoms with van der Waals surface area (Å²) in [5.41, 5.74) is 2.46. The molecule has 4 aromatic rings. The first-order valence-electron chi connectivity index (χ1n) is 11.7. The highest BCUT2D eigenvalue weighted by Crippen LogP contribution is 2.23. The quantitative estimate of drug-likeness (QED) is 0.252. The number of hydrogen-bond donors (Lipinski definition) is 1. The first kappa shape index (κ1) is 26.0. The molecule has 1 aromatic heterocycles. The molecule has 3 aromatic carbocycles. The maximum Gasteiger partial charge on any atom is 0.339 e. The minimum Gasteiger partial charge on any atom is -0.467 e. The van der Waals surface area contributed by atoms with Crippen LogP contribution in [0.5, 0.6) is 5.75 Å². The van der Waals surface area contributed by atoms with E-state index < -0.39 is 15.9 Å². The van der Waals surface area contributed by atoms with Gasteiger partial charge in [-0.2, -0.15) is 8.42 Å². The summed E-state index contributed by atoms with van der Waals surface area (Å²) in [6.45, 7) is 4.55. The summed E-state index contributed by atoms with van der Waals surface area (Å²) in [5.74, 6) is 0.495. The van der Waals surface area contributed by atoms with E-state index in [-0.39, 0.29) is 29.8 Å². The number of hydrogen-bond acceptors (Lipinski definition) is 5. The van der Waals surface area contributed by atoms with E-state index in [0.717, 1.165) is 29.8 Å². The molecule has 2 amide bonds. The predicted molar refractivity (Wildman–Crippen MR) is 138 cm³/mol. The molecule has 0 aliphatic carbocycles. The first-order chi connectivity index (χ1) is 17.7. The summed E-state index contributed by atoms with van der Waals surface area (Å²) in [5, 5.41) is 2.91. The molecule has 9 heteroatoms. The Morgan fingerprint density at radius 2 is 1.70 bits per heavy atom. The maximum absolute atomic E-state index is 13.2. The maximum atomic E-state index is 13.2. The van der Waals surface area contributed by atoms with Gasteiger partial charge in [0.2, 0.25) is 0 Å². The zero-order chi connectivity index (χ0) is 26.4. The van der Waals surface area contributed by atoms with Gasteiger partial charge in [-0.15, -0.1) is 0 Å².